The maximum Gasteiger partial charge on any atom is 0.179 e. The first-order valence-corrected chi connectivity index (χ1v) is 23.8. The number of aromatic nitrogens is 2. The lowest BCUT2D eigenvalue weighted by molar-refractivity contribution is 1.17. The smallest absolute Gasteiger partial charge is 0.179 e. The fraction of sp³-hybridized carbons (Fsp3) is 0. The van der Waals surface area contributed by atoms with Crippen LogP contribution in [0.2, 0.25) is 0 Å². The highest BCUT2D eigenvalue weighted by Gasteiger charge is 2.41. The average molecular weight is 819 g/mol. The van der Waals surface area contributed by atoms with Gasteiger partial charge in [-0.1, -0.05) is 212 Å². The van der Waals surface area contributed by atoms with Gasteiger partial charge in [-0.25, -0.2) is 0 Å². The fourth-order valence-electron chi connectivity index (χ4n) is 10.3. The van der Waals surface area contributed by atoms with Crippen LogP contribution < -0.4 is 20.7 Å². The Kier molecular flexibility index (Phi) is 8.87. The summed E-state index contributed by atoms with van der Waals surface area (Å²) in [5.74, 6) is 0. The lowest BCUT2D eigenvalue weighted by Gasteiger charge is -2.34. The summed E-state index contributed by atoms with van der Waals surface area (Å²) < 4.78 is 4.98. The zero-order valence-electron chi connectivity index (χ0n) is 34.6. The van der Waals surface area contributed by atoms with E-state index in [1.54, 1.807) is 0 Å². The van der Waals surface area contributed by atoms with Gasteiger partial charge in [0.25, 0.3) is 0 Å². The minimum absolute atomic E-state index is 1.14. The number of para-hydroxylation sites is 2. The molecule has 12 aromatic rings. The van der Waals surface area contributed by atoms with Crippen LogP contribution in [0.3, 0.4) is 0 Å². The Morgan fingerprint density at radius 2 is 0.730 bits per heavy atom. The molecule has 63 heavy (non-hydrogen) atoms. The monoisotopic (exact) mass is 818 g/mol. The molecule has 0 bridgehead atoms. The van der Waals surface area contributed by atoms with Gasteiger partial charge in [-0.3, -0.25) is 0 Å². The molecule has 0 aliphatic rings. The molecule has 0 saturated carbocycles. The summed E-state index contributed by atoms with van der Waals surface area (Å²) in [7, 11) is -2.78. The second kappa shape index (κ2) is 15.2. The fourth-order valence-corrected chi connectivity index (χ4v) is 15.1. The summed E-state index contributed by atoms with van der Waals surface area (Å²) in [6.07, 6.45) is 0. The molecule has 10 aromatic carbocycles. The van der Waals surface area contributed by atoms with Crippen LogP contribution in [0.1, 0.15) is 0 Å². The summed E-state index contributed by atoms with van der Waals surface area (Å²) in [5.41, 5.74) is 11.8. The third-order valence-electron chi connectivity index (χ3n) is 13.1. The van der Waals surface area contributed by atoms with E-state index in [4.69, 9.17) is 0 Å². The lowest BCUT2D eigenvalue weighted by Crippen LogP contribution is -2.74. The Balaban J connectivity index is 1.13. The Morgan fingerprint density at radius 1 is 0.254 bits per heavy atom. The Labute approximate surface area is 368 Å². The van der Waals surface area contributed by atoms with Crippen LogP contribution >= 0.6 is 0 Å². The molecule has 296 valence electrons. The van der Waals surface area contributed by atoms with Gasteiger partial charge in [0.05, 0.1) is 27.8 Å². The third-order valence-corrected chi connectivity index (χ3v) is 17.8. The Morgan fingerprint density at radius 3 is 1.33 bits per heavy atom. The highest BCUT2D eigenvalue weighted by Crippen LogP contribution is 2.40. The van der Waals surface area contributed by atoms with E-state index < -0.39 is 8.07 Å². The quantitative estimate of drug-likeness (QED) is 0.107. The predicted molar refractivity (Wildman–Crippen MR) is 270 cm³/mol. The molecule has 0 spiro atoms. The number of hydrogen-bond donors (Lipinski definition) is 0. The molecule has 0 unspecified atom stereocenters. The van der Waals surface area contributed by atoms with Crippen molar-refractivity contribution < 1.29 is 0 Å². The van der Waals surface area contributed by atoms with Gasteiger partial charge < -0.3 is 9.13 Å². The van der Waals surface area contributed by atoms with Gasteiger partial charge in [-0.15, -0.1) is 0 Å². The van der Waals surface area contributed by atoms with Crippen molar-refractivity contribution in [1.82, 2.24) is 9.13 Å². The van der Waals surface area contributed by atoms with Crippen molar-refractivity contribution >= 4 is 72.4 Å². The van der Waals surface area contributed by atoms with Gasteiger partial charge in [0, 0.05) is 32.8 Å². The van der Waals surface area contributed by atoms with Gasteiger partial charge in [0.2, 0.25) is 0 Å². The van der Waals surface area contributed by atoms with E-state index in [1.165, 1.54) is 86.6 Å². The maximum absolute atomic E-state index is 2.78. The SMILES string of the molecule is c1ccc(-c2ccc(-c3ccccc3)c(-n3c4ccccc4c4cc(-n5c6ccccc6c6ccc([Si](c7ccccc7)(c7ccccc7)c7ccccc7)cc65)ccc43)c2)cc1. The summed E-state index contributed by atoms with van der Waals surface area (Å²) in [4.78, 5) is 0. The summed E-state index contributed by atoms with van der Waals surface area (Å²) in [6.45, 7) is 0. The standard InChI is InChI=1S/C60H42N2Si/c1-6-20-43(21-7-1)45-34-37-51(44-22-8-2-9-23-44)59(40-45)62-57-33-19-17-31-53(57)55-41-46(35-39-58(55)62)61-56-32-18-16-30-52(56)54-38-36-50(42-60(54)61)63(47-24-10-3-11-25-47,48-26-12-4-13-27-48)49-28-14-5-15-29-49/h1-42H. The van der Waals surface area contributed by atoms with Crippen molar-refractivity contribution in [2.75, 3.05) is 0 Å². The highest BCUT2D eigenvalue weighted by molar-refractivity contribution is 7.20. The molecule has 0 saturated heterocycles. The van der Waals surface area contributed by atoms with Crippen molar-refractivity contribution in [3.05, 3.63) is 255 Å². The number of fused-ring (bicyclic) bond motifs is 6. The van der Waals surface area contributed by atoms with E-state index in [-0.39, 0.29) is 0 Å². The molecule has 0 radical (unpaired) electrons. The first-order valence-electron chi connectivity index (χ1n) is 21.8. The topological polar surface area (TPSA) is 9.86 Å². The molecular formula is C60H42N2Si. The van der Waals surface area contributed by atoms with Crippen molar-refractivity contribution in [2.45, 2.75) is 0 Å². The first kappa shape index (κ1) is 36.8. The van der Waals surface area contributed by atoms with Gasteiger partial charge >= 0.3 is 0 Å². The van der Waals surface area contributed by atoms with Crippen LogP contribution in [0.25, 0.3) is 77.2 Å². The van der Waals surface area contributed by atoms with Gasteiger partial charge in [-0.05, 0) is 79.9 Å². The number of rotatable bonds is 8. The summed E-state index contributed by atoms with van der Waals surface area (Å²) in [6, 6.07) is 94.3. The molecule has 3 heteroatoms. The van der Waals surface area contributed by atoms with E-state index >= 15 is 0 Å². The van der Waals surface area contributed by atoms with Crippen LogP contribution in [0, 0.1) is 0 Å². The van der Waals surface area contributed by atoms with Crippen LogP contribution in [-0.4, -0.2) is 17.2 Å². The van der Waals surface area contributed by atoms with Crippen molar-refractivity contribution in [1.29, 1.82) is 0 Å². The number of hydrogen-bond acceptors (Lipinski definition) is 0. The first-order chi connectivity index (χ1) is 31.3. The molecule has 0 fully saturated rings. The normalized spacial score (nSPS) is 11.8. The molecule has 2 heterocycles. The minimum atomic E-state index is -2.78. The van der Waals surface area contributed by atoms with E-state index in [1.807, 2.05) is 0 Å². The van der Waals surface area contributed by atoms with E-state index in [9.17, 15) is 0 Å². The molecule has 0 N–H and O–H groups in total. The highest BCUT2D eigenvalue weighted by atomic mass is 28.3. The van der Waals surface area contributed by atoms with Gasteiger partial charge in [-0.2, -0.15) is 0 Å². The average Bonchev–Trinajstić information content (AvgIpc) is 3.88. The van der Waals surface area contributed by atoms with Gasteiger partial charge in [0.1, 0.15) is 0 Å². The Bertz CT molecular complexity index is 3500. The molecule has 2 nitrogen and oxygen atoms in total. The minimum Gasteiger partial charge on any atom is -0.309 e. The van der Waals surface area contributed by atoms with Crippen molar-refractivity contribution in [2.24, 2.45) is 0 Å². The zero-order valence-corrected chi connectivity index (χ0v) is 35.6. The maximum atomic E-state index is 2.52. The Hall–Kier alpha value is -7.98. The van der Waals surface area contributed by atoms with Gasteiger partial charge in [0.15, 0.2) is 8.07 Å². The number of benzene rings is 10. The lowest BCUT2D eigenvalue weighted by atomic mass is 9.98. The van der Waals surface area contributed by atoms with Crippen molar-refractivity contribution in [3.8, 4) is 33.6 Å². The van der Waals surface area contributed by atoms with Crippen LogP contribution in [0.15, 0.2) is 255 Å². The van der Waals surface area contributed by atoms with Crippen LogP contribution in [-0.2, 0) is 0 Å². The van der Waals surface area contributed by atoms with E-state index in [0.717, 1.165) is 11.4 Å². The molecule has 0 aliphatic carbocycles. The zero-order chi connectivity index (χ0) is 41.7. The molecule has 2 aromatic heterocycles. The summed E-state index contributed by atoms with van der Waals surface area (Å²) in [5, 5.41) is 10.4. The third kappa shape index (κ3) is 5.93. The molecule has 12 rings (SSSR count). The van der Waals surface area contributed by atoms with Crippen LogP contribution in [0.4, 0.5) is 0 Å². The second-order valence-electron chi connectivity index (χ2n) is 16.5. The molecule has 0 atom stereocenters. The number of nitrogens with zero attached hydrogens (tertiary/aromatic N) is 2. The summed E-state index contributed by atoms with van der Waals surface area (Å²) >= 11 is 0. The van der Waals surface area contributed by atoms with E-state index in [2.05, 4.69) is 264 Å². The largest absolute Gasteiger partial charge is 0.309 e. The van der Waals surface area contributed by atoms with Crippen molar-refractivity contribution in [3.63, 3.8) is 0 Å². The molecular weight excluding hydrogens is 777 g/mol. The second-order valence-corrected chi connectivity index (χ2v) is 20.3. The predicted octanol–water partition coefficient (Wildman–Crippen LogP) is 12.6. The van der Waals surface area contributed by atoms with Crippen LogP contribution in [0.5, 0.6) is 0 Å². The van der Waals surface area contributed by atoms with E-state index in [0.29, 0.717) is 0 Å². The molecule has 0 amide bonds. The molecule has 0 aliphatic heterocycles.